The largest absolute Gasteiger partial charge is 0.341 e. The summed E-state index contributed by atoms with van der Waals surface area (Å²) in [5, 5.41) is 5.92. The minimum Gasteiger partial charge on any atom is -0.341 e. The summed E-state index contributed by atoms with van der Waals surface area (Å²) in [5.41, 5.74) is 2.27. The van der Waals surface area contributed by atoms with Crippen LogP contribution in [0.5, 0.6) is 0 Å². The number of amides is 3. The average molecular weight is 401 g/mol. The van der Waals surface area contributed by atoms with Gasteiger partial charge in [0.05, 0.1) is 5.69 Å². The molecule has 0 aliphatic carbocycles. The van der Waals surface area contributed by atoms with Crippen molar-refractivity contribution in [2.45, 2.75) is 9.59 Å². The zero-order valence-corrected chi connectivity index (χ0v) is 15.9. The lowest BCUT2D eigenvalue weighted by atomic mass is 10.1. The molecule has 3 aromatic rings. The number of aromatic nitrogens is 1. The number of rotatable bonds is 5. The maximum Gasteiger partial charge on any atom is 0.321 e. The molecule has 8 heteroatoms. The molecule has 1 atom stereocenters. The SMILES string of the molecule is CNC(=O)NC(=O)C(Sc1nc(-c2ccc(F)cc2)cs1)c1ccccc1. The summed E-state index contributed by atoms with van der Waals surface area (Å²) in [6.07, 6.45) is 0. The molecule has 0 aliphatic heterocycles. The molecule has 3 amide bonds. The zero-order chi connectivity index (χ0) is 19.2. The Hall–Kier alpha value is -2.71. The number of carbonyl (C=O) groups is 2. The molecule has 0 fully saturated rings. The molecule has 0 aliphatic rings. The molecular weight excluding hydrogens is 385 g/mol. The van der Waals surface area contributed by atoms with E-state index in [1.54, 1.807) is 12.1 Å². The first-order valence-corrected chi connectivity index (χ1v) is 9.78. The fourth-order valence-electron chi connectivity index (χ4n) is 2.31. The topological polar surface area (TPSA) is 71.1 Å². The summed E-state index contributed by atoms with van der Waals surface area (Å²) in [4.78, 5) is 28.6. The Bertz CT molecular complexity index is 930. The molecule has 1 aromatic heterocycles. The van der Waals surface area contributed by atoms with Crippen molar-refractivity contribution in [1.82, 2.24) is 15.6 Å². The summed E-state index contributed by atoms with van der Waals surface area (Å²) in [6.45, 7) is 0. The number of imide groups is 1. The van der Waals surface area contributed by atoms with Crippen molar-refractivity contribution in [2.24, 2.45) is 0 Å². The highest BCUT2D eigenvalue weighted by Crippen LogP contribution is 2.38. The number of halogens is 1. The van der Waals surface area contributed by atoms with Crippen molar-refractivity contribution in [3.05, 3.63) is 71.4 Å². The van der Waals surface area contributed by atoms with Crippen LogP contribution in [0.4, 0.5) is 9.18 Å². The van der Waals surface area contributed by atoms with Gasteiger partial charge in [-0.25, -0.2) is 14.2 Å². The molecule has 27 heavy (non-hydrogen) atoms. The molecule has 5 nitrogen and oxygen atoms in total. The van der Waals surface area contributed by atoms with E-state index in [1.165, 1.54) is 42.3 Å². The van der Waals surface area contributed by atoms with Crippen LogP contribution >= 0.6 is 23.1 Å². The minimum absolute atomic E-state index is 0.307. The van der Waals surface area contributed by atoms with Gasteiger partial charge in [0, 0.05) is 18.0 Å². The molecule has 0 radical (unpaired) electrons. The van der Waals surface area contributed by atoms with E-state index in [1.807, 2.05) is 35.7 Å². The Morgan fingerprint density at radius 1 is 1.11 bits per heavy atom. The normalized spacial score (nSPS) is 11.6. The van der Waals surface area contributed by atoms with Crippen molar-refractivity contribution in [2.75, 3.05) is 7.05 Å². The van der Waals surface area contributed by atoms with Crippen molar-refractivity contribution >= 4 is 35.0 Å². The van der Waals surface area contributed by atoms with Gasteiger partial charge in [-0.1, -0.05) is 42.1 Å². The molecule has 1 heterocycles. The number of hydrogen-bond donors (Lipinski definition) is 2. The van der Waals surface area contributed by atoms with E-state index >= 15 is 0 Å². The molecule has 0 saturated heterocycles. The third kappa shape index (κ3) is 4.93. The van der Waals surface area contributed by atoms with Crippen molar-refractivity contribution in [3.8, 4) is 11.3 Å². The number of nitrogens with one attached hydrogen (secondary N) is 2. The second kappa shape index (κ2) is 8.79. The van der Waals surface area contributed by atoms with Gasteiger partial charge in [0.2, 0.25) is 5.91 Å². The Morgan fingerprint density at radius 2 is 1.81 bits per heavy atom. The van der Waals surface area contributed by atoms with Crippen LogP contribution < -0.4 is 10.6 Å². The first-order valence-electron chi connectivity index (χ1n) is 8.02. The van der Waals surface area contributed by atoms with Gasteiger partial charge in [0.25, 0.3) is 0 Å². The Labute approximate surface area is 164 Å². The van der Waals surface area contributed by atoms with Crippen LogP contribution in [0.15, 0.2) is 64.3 Å². The Balaban J connectivity index is 1.83. The van der Waals surface area contributed by atoms with E-state index in [2.05, 4.69) is 15.6 Å². The zero-order valence-electron chi connectivity index (χ0n) is 14.3. The summed E-state index contributed by atoms with van der Waals surface area (Å²) in [6, 6.07) is 14.7. The highest BCUT2D eigenvalue weighted by Gasteiger charge is 2.25. The van der Waals surface area contributed by atoms with Crippen LogP contribution in [0.25, 0.3) is 11.3 Å². The number of thiazole rings is 1. The van der Waals surface area contributed by atoms with Crippen molar-refractivity contribution < 1.29 is 14.0 Å². The van der Waals surface area contributed by atoms with Gasteiger partial charge in [-0.3, -0.25) is 10.1 Å². The molecule has 138 valence electrons. The van der Waals surface area contributed by atoms with E-state index in [0.29, 0.717) is 10.0 Å². The van der Waals surface area contributed by atoms with Crippen molar-refractivity contribution in [3.63, 3.8) is 0 Å². The van der Waals surface area contributed by atoms with E-state index in [-0.39, 0.29) is 5.82 Å². The van der Waals surface area contributed by atoms with Gasteiger partial charge in [-0.2, -0.15) is 0 Å². The first-order chi connectivity index (χ1) is 13.1. The lowest BCUT2D eigenvalue weighted by Gasteiger charge is -2.14. The van der Waals surface area contributed by atoms with Gasteiger partial charge < -0.3 is 5.32 Å². The van der Waals surface area contributed by atoms with E-state index < -0.39 is 17.2 Å². The van der Waals surface area contributed by atoms with Crippen LogP contribution in [0.3, 0.4) is 0 Å². The van der Waals surface area contributed by atoms with Crippen molar-refractivity contribution in [1.29, 1.82) is 0 Å². The number of urea groups is 1. The van der Waals surface area contributed by atoms with Gasteiger partial charge in [-0.15, -0.1) is 11.3 Å². The molecule has 3 rings (SSSR count). The maximum atomic E-state index is 13.1. The number of nitrogens with zero attached hydrogens (tertiary/aromatic N) is 1. The molecule has 2 aromatic carbocycles. The van der Waals surface area contributed by atoms with Crippen LogP contribution in [0.2, 0.25) is 0 Å². The standard InChI is InChI=1S/C19H16FN3O2S2/c1-21-18(25)23-17(24)16(13-5-3-2-4-6-13)27-19-22-15(11-26-19)12-7-9-14(20)10-8-12/h2-11,16H,1H3,(H2,21,23,24,25). The third-order valence-electron chi connectivity index (χ3n) is 3.65. The molecular formula is C19H16FN3O2S2. The van der Waals surface area contributed by atoms with Crippen LogP contribution in [0, 0.1) is 5.82 Å². The second-order valence-corrected chi connectivity index (χ2v) is 7.69. The summed E-state index contributed by atoms with van der Waals surface area (Å²) >= 11 is 2.65. The predicted octanol–water partition coefficient (Wildman–Crippen LogP) is 4.24. The molecule has 2 N–H and O–H groups in total. The fourth-order valence-corrected chi connectivity index (χ4v) is 4.33. The minimum atomic E-state index is -0.629. The van der Waals surface area contributed by atoms with Gasteiger partial charge in [0.1, 0.15) is 11.1 Å². The average Bonchev–Trinajstić information content (AvgIpc) is 3.16. The fraction of sp³-hybridized carbons (Fsp3) is 0.105. The highest BCUT2D eigenvalue weighted by molar-refractivity contribution is 8.01. The molecule has 0 bridgehead atoms. The lowest BCUT2D eigenvalue weighted by Crippen LogP contribution is -2.39. The number of carbonyl (C=O) groups excluding carboxylic acids is 2. The van der Waals surface area contributed by atoms with E-state index in [0.717, 1.165) is 11.1 Å². The summed E-state index contributed by atoms with van der Waals surface area (Å²) in [5.74, 6) is -0.734. The van der Waals surface area contributed by atoms with E-state index in [9.17, 15) is 14.0 Å². The van der Waals surface area contributed by atoms with Crippen LogP contribution in [-0.4, -0.2) is 24.0 Å². The Kier molecular flexibility index (Phi) is 6.20. The third-order valence-corrected chi connectivity index (χ3v) is 5.87. The van der Waals surface area contributed by atoms with Crippen LogP contribution in [0.1, 0.15) is 10.8 Å². The van der Waals surface area contributed by atoms with Gasteiger partial charge in [0.15, 0.2) is 4.34 Å². The van der Waals surface area contributed by atoms with Crippen LogP contribution in [-0.2, 0) is 4.79 Å². The number of benzene rings is 2. The van der Waals surface area contributed by atoms with Gasteiger partial charge >= 0.3 is 6.03 Å². The summed E-state index contributed by atoms with van der Waals surface area (Å²) in [7, 11) is 1.45. The lowest BCUT2D eigenvalue weighted by molar-refractivity contribution is -0.119. The predicted molar refractivity (Wildman–Crippen MR) is 105 cm³/mol. The van der Waals surface area contributed by atoms with E-state index in [4.69, 9.17) is 0 Å². The first kappa shape index (κ1) is 19.1. The Morgan fingerprint density at radius 3 is 2.48 bits per heavy atom. The second-order valence-electron chi connectivity index (χ2n) is 5.48. The maximum absolute atomic E-state index is 13.1. The summed E-state index contributed by atoms with van der Waals surface area (Å²) < 4.78 is 13.8. The number of hydrogen-bond acceptors (Lipinski definition) is 5. The number of thioether (sulfide) groups is 1. The smallest absolute Gasteiger partial charge is 0.321 e. The monoisotopic (exact) mass is 401 g/mol. The highest BCUT2D eigenvalue weighted by atomic mass is 32.2. The molecule has 0 spiro atoms. The molecule has 0 saturated carbocycles. The quantitative estimate of drug-likeness (QED) is 0.628. The van der Waals surface area contributed by atoms with Gasteiger partial charge in [-0.05, 0) is 29.8 Å². The molecule has 1 unspecified atom stereocenters.